The molecule has 0 aliphatic heterocycles. The summed E-state index contributed by atoms with van der Waals surface area (Å²) in [5.74, 6) is 1.01. The number of furan rings is 1. The van der Waals surface area contributed by atoms with Crippen LogP contribution in [0.3, 0.4) is 0 Å². The molecule has 2 aromatic rings. The van der Waals surface area contributed by atoms with Gasteiger partial charge in [0.25, 0.3) is 0 Å². The van der Waals surface area contributed by atoms with Gasteiger partial charge in [0.05, 0.1) is 18.5 Å². The molecule has 20 heavy (non-hydrogen) atoms. The van der Waals surface area contributed by atoms with E-state index in [1.165, 1.54) is 5.01 Å². The van der Waals surface area contributed by atoms with Crippen LogP contribution >= 0.6 is 11.3 Å². The van der Waals surface area contributed by atoms with Crippen molar-refractivity contribution >= 4 is 11.3 Å². The maximum Gasteiger partial charge on any atom is 0.117 e. The fraction of sp³-hybridized carbons (Fsp3) is 0.533. The summed E-state index contributed by atoms with van der Waals surface area (Å²) < 4.78 is 5.40. The smallest absolute Gasteiger partial charge is 0.117 e. The lowest BCUT2D eigenvalue weighted by molar-refractivity contribution is 0.245. The second-order valence-electron chi connectivity index (χ2n) is 4.79. The fourth-order valence-corrected chi connectivity index (χ4v) is 2.76. The summed E-state index contributed by atoms with van der Waals surface area (Å²) in [7, 11) is 0. The van der Waals surface area contributed by atoms with Crippen LogP contribution in [0.1, 0.15) is 36.7 Å². The largest absolute Gasteiger partial charge is 0.468 e. The first-order valence-corrected chi connectivity index (χ1v) is 8.08. The molecule has 4 nitrogen and oxygen atoms in total. The summed E-state index contributed by atoms with van der Waals surface area (Å²) in [4.78, 5) is 7.01. The van der Waals surface area contributed by atoms with Crippen LogP contribution in [0, 0.1) is 0 Å². The van der Waals surface area contributed by atoms with E-state index in [1.807, 2.05) is 12.1 Å². The van der Waals surface area contributed by atoms with Gasteiger partial charge in [-0.05, 0) is 31.6 Å². The fourth-order valence-electron chi connectivity index (χ4n) is 2.01. The van der Waals surface area contributed by atoms with Crippen LogP contribution in [-0.2, 0) is 19.6 Å². The first-order valence-electron chi connectivity index (χ1n) is 7.20. The predicted molar refractivity (Wildman–Crippen MR) is 82.6 cm³/mol. The highest BCUT2D eigenvalue weighted by Gasteiger charge is 2.09. The van der Waals surface area contributed by atoms with E-state index < -0.39 is 0 Å². The molecule has 0 bridgehead atoms. The first-order chi connectivity index (χ1) is 9.81. The Morgan fingerprint density at radius 1 is 1.35 bits per heavy atom. The highest BCUT2D eigenvalue weighted by molar-refractivity contribution is 7.09. The lowest BCUT2D eigenvalue weighted by Crippen LogP contribution is -2.22. The van der Waals surface area contributed by atoms with Crippen LogP contribution in [0.5, 0.6) is 0 Å². The van der Waals surface area contributed by atoms with Gasteiger partial charge in [0.15, 0.2) is 0 Å². The minimum atomic E-state index is 0.838. The first kappa shape index (κ1) is 15.2. The molecule has 0 spiro atoms. The molecular weight excluding hydrogens is 270 g/mol. The number of thiazole rings is 1. The Labute approximate surface area is 124 Å². The summed E-state index contributed by atoms with van der Waals surface area (Å²) in [6, 6.07) is 3.95. The van der Waals surface area contributed by atoms with Crippen molar-refractivity contribution in [2.45, 2.75) is 39.9 Å². The third-order valence-corrected chi connectivity index (χ3v) is 3.99. The lowest BCUT2D eigenvalue weighted by Gasteiger charge is -2.17. The van der Waals surface area contributed by atoms with Crippen LogP contribution in [0.15, 0.2) is 28.2 Å². The molecule has 5 heteroatoms. The van der Waals surface area contributed by atoms with E-state index in [0.29, 0.717) is 0 Å². The van der Waals surface area contributed by atoms with Crippen molar-refractivity contribution in [1.29, 1.82) is 0 Å². The third-order valence-electron chi connectivity index (χ3n) is 3.09. The number of nitrogens with zero attached hydrogens (tertiary/aromatic N) is 2. The van der Waals surface area contributed by atoms with E-state index in [2.05, 4.69) is 34.4 Å². The maximum absolute atomic E-state index is 5.40. The second kappa shape index (κ2) is 8.19. The summed E-state index contributed by atoms with van der Waals surface area (Å²) in [6.07, 6.45) is 2.88. The van der Waals surface area contributed by atoms with Crippen LogP contribution in [0.25, 0.3) is 0 Å². The molecule has 0 aromatic carbocycles. The molecule has 0 unspecified atom stereocenters. The Balaban J connectivity index is 1.84. The Morgan fingerprint density at radius 2 is 2.25 bits per heavy atom. The molecule has 0 fully saturated rings. The van der Waals surface area contributed by atoms with Gasteiger partial charge in [-0.25, -0.2) is 4.98 Å². The highest BCUT2D eigenvalue weighted by atomic mass is 32.1. The number of hydrogen-bond acceptors (Lipinski definition) is 5. The Morgan fingerprint density at radius 3 is 2.95 bits per heavy atom. The monoisotopic (exact) mass is 293 g/mol. The molecule has 0 saturated heterocycles. The SMILES string of the molecule is CCCNCc1nc(CN(CC)Cc2ccco2)cs1. The Hall–Kier alpha value is -1.17. The zero-order valence-electron chi connectivity index (χ0n) is 12.3. The van der Waals surface area contributed by atoms with E-state index in [0.717, 1.165) is 50.6 Å². The maximum atomic E-state index is 5.40. The lowest BCUT2D eigenvalue weighted by atomic mass is 10.3. The molecule has 0 aliphatic rings. The second-order valence-corrected chi connectivity index (χ2v) is 5.73. The molecular formula is C15H23N3OS. The van der Waals surface area contributed by atoms with Crippen molar-refractivity contribution in [1.82, 2.24) is 15.2 Å². The van der Waals surface area contributed by atoms with Crippen LogP contribution in [-0.4, -0.2) is 23.0 Å². The molecule has 0 atom stereocenters. The van der Waals surface area contributed by atoms with Crippen molar-refractivity contribution in [2.24, 2.45) is 0 Å². The van der Waals surface area contributed by atoms with Crippen molar-refractivity contribution in [3.63, 3.8) is 0 Å². The van der Waals surface area contributed by atoms with Crippen LogP contribution in [0.2, 0.25) is 0 Å². The molecule has 1 N–H and O–H groups in total. The molecule has 2 rings (SSSR count). The van der Waals surface area contributed by atoms with Gasteiger partial charge in [-0.1, -0.05) is 13.8 Å². The molecule has 110 valence electrons. The predicted octanol–water partition coefficient (Wildman–Crippen LogP) is 3.26. The van der Waals surface area contributed by atoms with Gasteiger partial charge in [-0.3, -0.25) is 4.90 Å². The topological polar surface area (TPSA) is 41.3 Å². The van der Waals surface area contributed by atoms with Crippen molar-refractivity contribution in [3.8, 4) is 0 Å². The average molecular weight is 293 g/mol. The molecule has 0 aliphatic carbocycles. The Kier molecular flexibility index (Phi) is 6.24. The molecule has 0 amide bonds. The van der Waals surface area contributed by atoms with E-state index in [1.54, 1.807) is 17.6 Å². The molecule has 2 heterocycles. The van der Waals surface area contributed by atoms with Gasteiger partial charge in [0.1, 0.15) is 10.8 Å². The number of hydrogen-bond donors (Lipinski definition) is 1. The standard InChI is InChI=1S/C15H23N3OS/c1-3-7-16-9-15-17-13(12-20-15)10-18(4-2)11-14-6-5-8-19-14/h5-6,8,12,16H,3-4,7,9-11H2,1-2H3. The van der Waals surface area contributed by atoms with Gasteiger partial charge in [-0.15, -0.1) is 11.3 Å². The summed E-state index contributed by atoms with van der Waals surface area (Å²) in [6.45, 7) is 8.97. The van der Waals surface area contributed by atoms with Gasteiger partial charge in [0.2, 0.25) is 0 Å². The normalized spacial score (nSPS) is 11.3. The summed E-state index contributed by atoms with van der Waals surface area (Å²) >= 11 is 1.74. The summed E-state index contributed by atoms with van der Waals surface area (Å²) in [5, 5.41) is 6.72. The number of nitrogens with one attached hydrogen (secondary N) is 1. The van der Waals surface area contributed by atoms with Crippen molar-refractivity contribution in [3.05, 3.63) is 40.2 Å². The molecule has 0 radical (unpaired) electrons. The zero-order chi connectivity index (χ0) is 14.2. The van der Waals surface area contributed by atoms with E-state index in [4.69, 9.17) is 4.42 Å². The minimum Gasteiger partial charge on any atom is -0.468 e. The Bertz CT molecular complexity index is 481. The van der Waals surface area contributed by atoms with E-state index in [9.17, 15) is 0 Å². The van der Waals surface area contributed by atoms with E-state index in [-0.39, 0.29) is 0 Å². The third kappa shape index (κ3) is 4.74. The van der Waals surface area contributed by atoms with Crippen molar-refractivity contribution < 1.29 is 4.42 Å². The minimum absolute atomic E-state index is 0.838. The number of aromatic nitrogens is 1. The zero-order valence-corrected chi connectivity index (χ0v) is 13.1. The molecule has 2 aromatic heterocycles. The molecule has 0 saturated carbocycles. The van der Waals surface area contributed by atoms with E-state index >= 15 is 0 Å². The van der Waals surface area contributed by atoms with Gasteiger partial charge in [0, 0.05) is 18.5 Å². The van der Waals surface area contributed by atoms with Gasteiger partial charge >= 0.3 is 0 Å². The van der Waals surface area contributed by atoms with Gasteiger partial charge < -0.3 is 9.73 Å². The average Bonchev–Trinajstić information content (AvgIpc) is 3.10. The van der Waals surface area contributed by atoms with Crippen LogP contribution < -0.4 is 5.32 Å². The van der Waals surface area contributed by atoms with Crippen LogP contribution in [0.4, 0.5) is 0 Å². The number of rotatable bonds is 9. The van der Waals surface area contributed by atoms with Crippen molar-refractivity contribution in [2.75, 3.05) is 13.1 Å². The van der Waals surface area contributed by atoms with Gasteiger partial charge in [-0.2, -0.15) is 0 Å². The highest BCUT2D eigenvalue weighted by Crippen LogP contribution is 2.14. The summed E-state index contributed by atoms with van der Waals surface area (Å²) in [5.41, 5.74) is 1.15. The quantitative estimate of drug-likeness (QED) is 0.721.